The molecule has 0 bridgehead atoms. The molecule has 0 saturated heterocycles. The minimum atomic E-state index is -0.988. The Kier molecular flexibility index (Phi) is 6.20. The molecule has 3 aromatic rings. The summed E-state index contributed by atoms with van der Waals surface area (Å²) in [4.78, 5) is 24.1. The summed E-state index contributed by atoms with van der Waals surface area (Å²) in [5, 5.41) is 16.3. The van der Waals surface area contributed by atoms with Gasteiger partial charge in [-0.1, -0.05) is 31.2 Å². The summed E-state index contributed by atoms with van der Waals surface area (Å²) in [6, 6.07) is 13.8. The minimum Gasteiger partial charge on any atom is -0.478 e. The summed E-state index contributed by atoms with van der Waals surface area (Å²) >= 11 is 0. The fourth-order valence-electron chi connectivity index (χ4n) is 3.22. The normalized spacial score (nSPS) is 11.7. The van der Waals surface area contributed by atoms with Gasteiger partial charge in [-0.2, -0.15) is 5.10 Å². The Bertz CT molecular complexity index is 1070. The highest BCUT2D eigenvalue weighted by Crippen LogP contribution is 2.28. The van der Waals surface area contributed by atoms with E-state index in [1.807, 2.05) is 31.2 Å². The van der Waals surface area contributed by atoms with E-state index in [0.717, 1.165) is 17.5 Å². The van der Waals surface area contributed by atoms with Crippen LogP contribution in [-0.4, -0.2) is 26.8 Å². The zero-order chi connectivity index (χ0) is 21.8. The number of amides is 1. The van der Waals surface area contributed by atoms with Gasteiger partial charge in [-0.3, -0.25) is 4.79 Å². The molecule has 1 atom stereocenters. The van der Waals surface area contributed by atoms with Crippen molar-refractivity contribution in [1.82, 2.24) is 15.1 Å². The Morgan fingerprint density at radius 1 is 1.20 bits per heavy atom. The fraction of sp³-hybridized carbons (Fsp3) is 0.261. The van der Waals surface area contributed by atoms with Crippen LogP contribution in [0, 0.1) is 6.92 Å². The first-order valence-corrected chi connectivity index (χ1v) is 9.74. The smallest absolute Gasteiger partial charge is 0.335 e. The highest BCUT2D eigenvalue weighted by Gasteiger charge is 2.24. The number of nitrogens with zero attached hydrogens (tertiary/aromatic N) is 2. The predicted molar refractivity (Wildman–Crippen MR) is 113 cm³/mol. The van der Waals surface area contributed by atoms with Crippen LogP contribution in [0.25, 0.3) is 0 Å². The van der Waals surface area contributed by atoms with E-state index in [-0.39, 0.29) is 17.5 Å². The van der Waals surface area contributed by atoms with Crippen LogP contribution in [0.5, 0.6) is 11.6 Å². The number of carboxylic acids is 1. The molecule has 30 heavy (non-hydrogen) atoms. The standard InChI is InChI=1S/C23H25N3O4/c1-5-16-7-6-8-19(13-16)30-22-20(15(3)25-26(22)4)21(27)24-14(2)17-9-11-18(12-10-17)23(28)29/h6-14H,5H2,1-4H3,(H,24,27)(H,28,29). The number of rotatable bonds is 7. The van der Waals surface area contributed by atoms with Crippen LogP contribution in [-0.2, 0) is 13.5 Å². The van der Waals surface area contributed by atoms with Gasteiger partial charge >= 0.3 is 5.97 Å². The molecular weight excluding hydrogens is 382 g/mol. The maximum absolute atomic E-state index is 13.0. The summed E-state index contributed by atoms with van der Waals surface area (Å²) in [6.45, 7) is 5.66. The van der Waals surface area contributed by atoms with Crippen LogP contribution in [0.15, 0.2) is 48.5 Å². The van der Waals surface area contributed by atoms with Gasteiger partial charge in [0.25, 0.3) is 5.91 Å². The second kappa shape index (κ2) is 8.82. The van der Waals surface area contributed by atoms with Crippen molar-refractivity contribution < 1.29 is 19.4 Å². The van der Waals surface area contributed by atoms with Crippen LogP contribution in [0.3, 0.4) is 0 Å². The van der Waals surface area contributed by atoms with Gasteiger partial charge in [0.2, 0.25) is 5.88 Å². The molecule has 1 unspecified atom stereocenters. The van der Waals surface area contributed by atoms with Gasteiger partial charge in [-0.15, -0.1) is 0 Å². The second-order valence-corrected chi connectivity index (χ2v) is 7.11. The Morgan fingerprint density at radius 3 is 2.53 bits per heavy atom. The van der Waals surface area contributed by atoms with Crippen LogP contribution in [0.1, 0.15) is 57.4 Å². The van der Waals surface area contributed by atoms with Crippen molar-refractivity contribution in [3.8, 4) is 11.6 Å². The van der Waals surface area contributed by atoms with Gasteiger partial charge in [0.15, 0.2) is 0 Å². The van der Waals surface area contributed by atoms with Crippen molar-refractivity contribution in [2.75, 3.05) is 0 Å². The Hall–Kier alpha value is -3.61. The third kappa shape index (κ3) is 4.51. The molecule has 0 aliphatic rings. The zero-order valence-corrected chi connectivity index (χ0v) is 17.5. The quantitative estimate of drug-likeness (QED) is 0.610. The van der Waals surface area contributed by atoms with Crippen molar-refractivity contribution >= 4 is 11.9 Å². The van der Waals surface area contributed by atoms with Crippen LogP contribution >= 0.6 is 0 Å². The molecule has 1 heterocycles. The molecule has 7 heteroatoms. The summed E-state index contributed by atoms with van der Waals surface area (Å²) < 4.78 is 7.58. The summed E-state index contributed by atoms with van der Waals surface area (Å²) in [6.07, 6.45) is 0.882. The summed E-state index contributed by atoms with van der Waals surface area (Å²) in [5.41, 5.74) is 3.06. The number of aromatic carboxylic acids is 1. The molecule has 0 spiro atoms. The first kappa shape index (κ1) is 21.1. The van der Waals surface area contributed by atoms with Crippen molar-refractivity contribution in [3.63, 3.8) is 0 Å². The van der Waals surface area contributed by atoms with E-state index in [1.165, 1.54) is 12.1 Å². The van der Waals surface area contributed by atoms with E-state index >= 15 is 0 Å². The molecule has 2 N–H and O–H groups in total. The van der Waals surface area contributed by atoms with E-state index in [9.17, 15) is 9.59 Å². The number of carboxylic acid groups (broad SMARTS) is 1. The number of nitrogens with one attached hydrogen (secondary N) is 1. The molecule has 0 fully saturated rings. The van der Waals surface area contributed by atoms with Gasteiger partial charge in [-0.05, 0) is 55.7 Å². The number of aryl methyl sites for hydroxylation is 3. The van der Waals surface area contributed by atoms with E-state index in [4.69, 9.17) is 9.84 Å². The molecule has 1 aromatic heterocycles. The van der Waals surface area contributed by atoms with Gasteiger partial charge < -0.3 is 15.2 Å². The van der Waals surface area contributed by atoms with E-state index < -0.39 is 5.97 Å². The molecule has 7 nitrogen and oxygen atoms in total. The molecule has 0 aliphatic heterocycles. The molecule has 2 aromatic carbocycles. The molecule has 156 valence electrons. The predicted octanol–water partition coefficient (Wildman–Crippen LogP) is 4.27. The second-order valence-electron chi connectivity index (χ2n) is 7.11. The largest absolute Gasteiger partial charge is 0.478 e. The Morgan fingerprint density at radius 2 is 1.90 bits per heavy atom. The number of benzene rings is 2. The van der Waals surface area contributed by atoms with Crippen molar-refractivity contribution in [2.45, 2.75) is 33.2 Å². The third-order valence-electron chi connectivity index (χ3n) is 4.92. The highest BCUT2D eigenvalue weighted by atomic mass is 16.5. The number of aromatic nitrogens is 2. The Balaban J connectivity index is 1.82. The molecular formula is C23H25N3O4. The lowest BCUT2D eigenvalue weighted by atomic mass is 10.1. The van der Waals surface area contributed by atoms with E-state index in [2.05, 4.69) is 17.3 Å². The molecule has 0 aliphatic carbocycles. The van der Waals surface area contributed by atoms with Gasteiger partial charge in [0, 0.05) is 7.05 Å². The molecule has 0 radical (unpaired) electrons. The summed E-state index contributed by atoms with van der Waals surface area (Å²) in [7, 11) is 1.73. The molecule has 1 amide bonds. The van der Waals surface area contributed by atoms with Crippen LogP contribution < -0.4 is 10.1 Å². The highest BCUT2D eigenvalue weighted by molar-refractivity contribution is 5.98. The number of hydrogen-bond donors (Lipinski definition) is 2. The van der Waals surface area contributed by atoms with Gasteiger partial charge in [-0.25, -0.2) is 9.48 Å². The van der Waals surface area contributed by atoms with Crippen LogP contribution in [0.2, 0.25) is 0 Å². The lowest BCUT2D eigenvalue weighted by Gasteiger charge is -2.15. The fourth-order valence-corrected chi connectivity index (χ4v) is 3.22. The average molecular weight is 407 g/mol. The van der Waals surface area contributed by atoms with Crippen LogP contribution in [0.4, 0.5) is 0 Å². The number of hydrogen-bond acceptors (Lipinski definition) is 4. The third-order valence-corrected chi connectivity index (χ3v) is 4.92. The first-order chi connectivity index (χ1) is 14.3. The van der Waals surface area contributed by atoms with E-state index in [0.29, 0.717) is 22.9 Å². The van der Waals surface area contributed by atoms with Crippen molar-refractivity contribution in [3.05, 3.63) is 76.5 Å². The average Bonchev–Trinajstić information content (AvgIpc) is 3.01. The lowest BCUT2D eigenvalue weighted by Crippen LogP contribution is -2.27. The molecule has 3 rings (SSSR count). The topological polar surface area (TPSA) is 93.4 Å². The minimum absolute atomic E-state index is 0.199. The summed E-state index contributed by atoms with van der Waals surface area (Å²) in [5.74, 6) is -0.286. The maximum Gasteiger partial charge on any atom is 0.335 e. The zero-order valence-electron chi connectivity index (χ0n) is 17.5. The van der Waals surface area contributed by atoms with Gasteiger partial charge in [0.05, 0.1) is 17.3 Å². The number of carbonyl (C=O) groups excluding carboxylic acids is 1. The van der Waals surface area contributed by atoms with Crippen molar-refractivity contribution in [2.24, 2.45) is 7.05 Å². The monoisotopic (exact) mass is 407 g/mol. The maximum atomic E-state index is 13.0. The Labute approximate surface area is 175 Å². The molecule has 0 saturated carbocycles. The number of ether oxygens (including phenoxy) is 1. The number of carbonyl (C=O) groups is 2. The van der Waals surface area contributed by atoms with Crippen molar-refractivity contribution in [1.29, 1.82) is 0 Å². The van der Waals surface area contributed by atoms with Gasteiger partial charge in [0.1, 0.15) is 11.3 Å². The van der Waals surface area contributed by atoms with E-state index in [1.54, 1.807) is 30.8 Å². The lowest BCUT2D eigenvalue weighted by molar-refractivity contribution is 0.0696. The SMILES string of the molecule is CCc1cccc(Oc2c(C(=O)NC(C)c3ccc(C(=O)O)cc3)c(C)nn2C)c1. The first-order valence-electron chi connectivity index (χ1n) is 9.74.